The Morgan fingerprint density at radius 2 is 1.69 bits per heavy atom. The maximum Gasteiger partial charge on any atom is 0.252 e. The summed E-state index contributed by atoms with van der Waals surface area (Å²) in [6.45, 7) is 7.84. The lowest BCUT2D eigenvalue weighted by Gasteiger charge is -2.21. The van der Waals surface area contributed by atoms with E-state index in [1.165, 1.54) is 0 Å². The summed E-state index contributed by atoms with van der Waals surface area (Å²) in [5.74, 6) is -0.173. The Kier molecular flexibility index (Phi) is 4.94. The molecule has 0 spiro atoms. The van der Waals surface area contributed by atoms with Crippen molar-refractivity contribution in [2.45, 2.75) is 40.2 Å². The summed E-state index contributed by atoms with van der Waals surface area (Å²) in [6, 6.07) is 14.7. The van der Waals surface area contributed by atoms with Crippen LogP contribution in [0.3, 0.4) is 0 Å². The highest BCUT2D eigenvalue weighted by molar-refractivity contribution is 5.95. The molecule has 1 N–H and O–H groups in total. The molecule has 3 aromatic rings. The van der Waals surface area contributed by atoms with Crippen LogP contribution in [0.4, 0.5) is 5.69 Å². The van der Waals surface area contributed by atoms with Gasteiger partial charge in [-0.25, -0.2) is 0 Å². The van der Waals surface area contributed by atoms with Crippen LogP contribution in [0.15, 0.2) is 53.3 Å². The summed E-state index contributed by atoms with van der Waals surface area (Å²) in [6.07, 6.45) is 0.531. The van der Waals surface area contributed by atoms with E-state index in [0.29, 0.717) is 6.42 Å². The molecule has 1 heterocycles. The summed E-state index contributed by atoms with van der Waals surface area (Å²) in [5.41, 5.74) is 4.50. The molecule has 0 radical (unpaired) electrons. The molecule has 0 aliphatic rings. The number of pyridine rings is 1. The Hall–Kier alpha value is -2.88. The van der Waals surface area contributed by atoms with E-state index in [-0.39, 0.29) is 11.5 Å². The number of rotatable bonds is 4. The molecule has 0 fully saturated rings. The SMILES string of the molecule is CCC(C(=O)Nc1cc(C)cc(C)c1)n1c(=O)cc(C)c2ccccc21. The zero-order valence-electron chi connectivity index (χ0n) is 15.7. The summed E-state index contributed by atoms with van der Waals surface area (Å²) >= 11 is 0. The average Bonchev–Trinajstić information content (AvgIpc) is 2.57. The van der Waals surface area contributed by atoms with Gasteiger partial charge in [-0.2, -0.15) is 0 Å². The third kappa shape index (κ3) is 3.40. The normalized spacial score (nSPS) is 12.2. The van der Waals surface area contributed by atoms with Gasteiger partial charge in [0.2, 0.25) is 5.91 Å². The van der Waals surface area contributed by atoms with Crippen LogP contribution in [0.2, 0.25) is 0 Å². The number of hydrogen-bond donors (Lipinski definition) is 1. The lowest BCUT2D eigenvalue weighted by molar-refractivity contribution is -0.119. The fourth-order valence-corrected chi connectivity index (χ4v) is 3.55. The van der Waals surface area contributed by atoms with Crippen molar-refractivity contribution >= 4 is 22.5 Å². The second-order valence-corrected chi connectivity index (χ2v) is 6.84. The van der Waals surface area contributed by atoms with Gasteiger partial charge in [0, 0.05) is 17.1 Å². The Labute approximate surface area is 153 Å². The Bertz CT molecular complexity index is 1010. The van der Waals surface area contributed by atoms with Crippen LogP contribution in [0.25, 0.3) is 10.9 Å². The topological polar surface area (TPSA) is 51.1 Å². The number of fused-ring (bicyclic) bond motifs is 1. The first-order chi connectivity index (χ1) is 12.4. The van der Waals surface area contributed by atoms with Gasteiger partial charge < -0.3 is 5.32 Å². The van der Waals surface area contributed by atoms with Crippen LogP contribution in [0, 0.1) is 20.8 Å². The minimum absolute atomic E-state index is 0.149. The number of aryl methyl sites for hydroxylation is 3. The highest BCUT2D eigenvalue weighted by Crippen LogP contribution is 2.23. The zero-order chi connectivity index (χ0) is 18.8. The lowest BCUT2D eigenvalue weighted by atomic mass is 10.1. The number of amides is 1. The van der Waals surface area contributed by atoms with Gasteiger partial charge in [-0.3, -0.25) is 14.2 Å². The van der Waals surface area contributed by atoms with Crippen LogP contribution in [0.5, 0.6) is 0 Å². The molecule has 3 rings (SSSR count). The summed E-state index contributed by atoms with van der Waals surface area (Å²) in [5, 5.41) is 3.97. The molecule has 26 heavy (non-hydrogen) atoms. The van der Waals surface area contributed by atoms with E-state index in [9.17, 15) is 9.59 Å². The van der Waals surface area contributed by atoms with Gasteiger partial charge >= 0.3 is 0 Å². The van der Waals surface area contributed by atoms with Crippen molar-refractivity contribution in [1.29, 1.82) is 0 Å². The Balaban J connectivity index is 2.05. The third-order valence-electron chi connectivity index (χ3n) is 4.66. The predicted octanol–water partition coefficient (Wildman–Crippen LogP) is 4.52. The predicted molar refractivity (Wildman–Crippen MR) is 107 cm³/mol. The first kappa shape index (κ1) is 17.9. The number of hydrogen-bond acceptors (Lipinski definition) is 2. The molecular formula is C22H24N2O2. The van der Waals surface area contributed by atoms with Gasteiger partial charge in [0.05, 0.1) is 5.52 Å². The van der Waals surface area contributed by atoms with Gasteiger partial charge in [0.1, 0.15) is 6.04 Å². The summed E-state index contributed by atoms with van der Waals surface area (Å²) in [4.78, 5) is 25.7. The van der Waals surface area contributed by atoms with Crippen molar-refractivity contribution in [3.05, 3.63) is 75.6 Å². The molecular weight excluding hydrogens is 324 g/mol. The molecule has 2 aromatic carbocycles. The number of carbonyl (C=O) groups is 1. The molecule has 134 valence electrons. The summed E-state index contributed by atoms with van der Waals surface area (Å²) in [7, 11) is 0. The number of aromatic nitrogens is 1. The monoisotopic (exact) mass is 348 g/mol. The standard InChI is InChI=1S/C22H24N2O2/c1-5-19(22(26)23-17-11-14(2)10-15(3)12-17)24-20-9-7-6-8-18(20)16(4)13-21(24)25/h6-13,19H,5H2,1-4H3,(H,23,26). The van der Waals surface area contributed by atoms with Crippen LogP contribution >= 0.6 is 0 Å². The van der Waals surface area contributed by atoms with E-state index >= 15 is 0 Å². The highest BCUT2D eigenvalue weighted by Gasteiger charge is 2.22. The van der Waals surface area contributed by atoms with Crippen molar-refractivity contribution < 1.29 is 4.79 Å². The highest BCUT2D eigenvalue weighted by atomic mass is 16.2. The van der Waals surface area contributed by atoms with E-state index < -0.39 is 6.04 Å². The molecule has 1 atom stereocenters. The second-order valence-electron chi connectivity index (χ2n) is 6.84. The molecule has 0 saturated carbocycles. The number of carbonyl (C=O) groups excluding carboxylic acids is 1. The van der Waals surface area contributed by atoms with Crippen molar-refractivity contribution in [1.82, 2.24) is 4.57 Å². The molecule has 0 saturated heterocycles. The van der Waals surface area contributed by atoms with Crippen molar-refractivity contribution in [2.24, 2.45) is 0 Å². The minimum atomic E-state index is -0.561. The largest absolute Gasteiger partial charge is 0.324 e. The van der Waals surface area contributed by atoms with Gasteiger partial charge in [-0.1, -0.05) is 31.2 Å². The van der Waals surface area contributed by atoms with E-state index in [1.807, 2.05) is 64.1 Å². The average molecular weight is 348 g/mol. The first-order valence-electron chi connectivity index (χ1n) is 8.90. The summed E-state index contributed by atoms with van der Waals surface area (Å²) < 4.78 is 1.61. The van der Waals surface area contributed by atoms with E-state index in [1.54, 1.807) is 10.6 Å². The molecule has 0 bridgehead atoms. The van der Waals surface area contributed by atoms with Crippen LogP contribution in [0.1, 0.15) is 36.1 Å². The Morgan fingerprint density at radius 3 is 2.35 bits per heavy atom. The van der Waals surface area contributed by atoms with Crippen LogP contribution in [-0.4, -0.2) is 10.5 Å². The quantitative estimate of drug-likeness (QED) is 0.754. The zero-order valence-corrected chi connectivity index (χ0v) is 15.7. The van der Waals surface area contributed by atoms with Crippen molar-refractivity contribution in [3.8, 4) is 0 Å². The Morgan fingerprint density at radius 1 is 1.04 bits per heavy atom. The lowest BCUT2D eigenvalue weighted by Crippen LogP contribution is -2.33. The molecule has 1 unspecified atom stereocenters. The number of nitrogens with one attached hydrogen (secondary N) is 1. The van der Waals surface area contributed by atoms with E-state index in [4.69, 9.17) is 0 Å². The molecule has 4 nitrogen and oxygen atoms in total. The minimum Gasteiger partial charge on any atom is -0.324 e. The number of para-hydroxylation sites is 1. The molecule has 4 heteroatoms. The van der Waals surface area contributed by atoms with Gasteiger partial charge in [0.15, 0.2) is 0 Å². The van der Waals surface area contributed by atoms with Crippen molar-refractivity contribution in [2.75, 3.05) is 5.32 Å². The van der Waals surface area contributed by atoms with Crippen LogP contribution < -0.4 is 10.9 Å². The smallest absolute Gasteiger partial charge is 0.252 e. The molecule has 0 aliphatic heterocycles. The number of anilines is 1. The fourth-order valence-electron chi connectivity index (χ4n) is 3.55. The first-order valence-corrected chi connectivity index (χ1v) is 8.90. The molecule has 0 aliphatic carbocycles. The van der Waals surface area contributed by atoms with Gasteiger partial charge in [-0.15, -0.1) is 0 Å². The van der Waals surface area contributed by atoms with Crippen molar-refractivity contribution in [3.63, 3.8) is 0 Å². The molecule has 1 amide bonds. The number of benzene rings is 2. The number of nitrogens with zero attached hydrogens (tertiary/aromatic N) is 1. The van der Waals surface area contributed by atoms with E-state index in [0.717, 1.165) is 33.3 Å². The maximum atomic E-state index is 13.0. The van der Waals surface area contributed by atoms with Crippen LogP contribution in [-0.2, 0) is 4.79 Å². The fraction of sp³-hybridized carbons (Fsp3) is 0.273. The molecule has 1 aromatic heterocycles. The van der Waals surface area contributed by atoms with Gasteiger partial charge in [0.25, 0.3) is 5.56 Å². The van der Waals surface area contributed by atoms with Gasteiger partial charge in [-0.05, 0) is 62.1 Å². The maximum absolute atomic E-state index is 13.0. The van der Waals surface area contributed by atoms with E-state index in [2.05, 4.69) is 11.4 Å². The second kappa shape index (κ2) is 7.16. The third-order valence-corrected chi connectivity index (χ3v) is 4.66.